The molecular formula is C22H26N2O. The van der Waals surface area contributed by atoms with Gasteiger partial charge in [-0.2, -0.15) is 0 Å². The maximum absolute atomic E-state index is 5.87. The van der Waals surface area contributed by atoms with Gasteiger partial charge in [0.15, 0.2) is 5.90 Å². The minimum atomic E-state index is -0.153. The largest absolute Gasteiger partial charge is 0.478 e. The van der Waals surface area contributed by atoms with E-state index in [1.165, 1.54) is 11.3 Å². The number of nitrogens with zero attached hydrogens (tertiary/aromatic N) is 2. The first kappa shape index (κ1) is 17.4. The minimum absolute atomic E-state index is 0.137. The van der Waals surface area contributed by atoms with E-state index in [9.17, 15) is 0 Å². The molecule has 0 N–H and O–H groups in total. The summed E-state index contributed by atoms with van der Waals surface area (Å²) >= 11 is 0. The van der Waals surface area contributed by atoms with Gasteiger partial charge >= 0.3 is 0 Å². The SMILES string of the molecule is CC(C)(C1=NCCC1)C1=NC(c2ccccc2)CO1.c1ccccc1. The van der Waals surface area contributed by atoms with Crippen LogP contribution in [0.5, 0.6) is 0 Å². The van der Waals surface area contributed by atoms with Crippen LogP contribution < -0.4 is 0 Å². The van der Waals surface area contributed by atoms with Crippen molar-refractivity contribution in [3.63, 3.8) is 0 Å². The van der Waals surface area contributed by atoms with E-state index < -0.39 is 0 Å². The fraction of sp³-hybridized carbons (Fsp3) is 0.364. The molecule has 0 aliphatic carbocycles. The fourth-order valence-electron chi connectivity index (χ4n) is 3.12. The van der Waals surface area contributed by atoms with E-state index in [4.69, 9.17) is 9.73 Å². The standard InChI is InChI=1S/C16H20N2O.C6H6/c1-16(2,14-9-6-10-17-14)15-18-13(11-19-15)12-7-4-3-5-8-12;1-2-4-6-5-3-1/h3-5,7-8,13H,6,9-11H2,1-2H3;1-6H. The van der Waals surface area contributed by atoms with E-state index in [1.807, 2.05) is 42.5 Å². The zero-order valence-electron chi connectivity index (χ0n) is 15.1. The molecule has 2 aromatic carbocycles. The predicted molar refractivity (Wildman–Crippen MR) is 104 cm³/mol. The molecule has 0 fully saturated rings. The first-order valence-electron chi connectivity index (χ1n) is 8.98. The van der Waals surface area contributed by atoms with E-state index in [0.717, 1.165) is 25.3 Å². The third-order valence-electron chi connectivity index (χ3n) is 4.63. The van der Waals surface area contributed by atoms with Crippen LogP contribution in [0.2, 0.25) is 0 Å². The van der Waals surface area contributed by atoms with Crippen molar-refractivity contribution in [3.8, 4) is 0 Å². The van der Waals surface area contributed by atoms with E-state index in [1.54, 1.807) is 0 Å². The van der Waals surface area contributed by atoms with Gasteiger partial charge in [0.25, 0.3) is 0 Å². The second-order valence-electron chi connectivity index (χ2n) is 6.88. The molecule has 0 bridgehead atoms. The summed E-state index contributed by atoms with van der Waals surface area (Å²) in [5.74, 6) is 0.849. The Morgan fingerprint density at radius 2 is 1.52 bits per heavy atom. The molecule has 2 heterocycles. The molecule has 3 nitrogen and oxygen atoms in total. The fourth-order valence-corrected chi connectivity index (χ4v) is 3.12. The van der Waals surface area contributed by atoms with Crippen molar-refractivity contribution >= 4 is 11.6 Å². The van der Waals surface area contributed by atoms with Crippen molar-refractivity contribution in [1.82, 2.24) is 0 Å². The van der Waals surface area contributed by atoms with Crippen molar-refractivity contribution < 1.29 is 4.74 Å². The summed E-state index contributed by atoms with van der Waals surface area (Å²) in [6, 6.07) is 22.5. The predicted octanol–water partition coefficient (Wildman–Crippen LogP) is 5.10. The molecule has 1 atom stereocenters. The molecule has 3 heteroatoms. The van der Waals surface area contributed by atoms with Crippen LogP contribution in [0.4, 0.5) is 0 Å². The van der Waals surface area contributed by atoms with Crippen molar-refractivity contribution in [2.24, 2.45) is 15.4 Å². The normalized spacial score (nSPS) is 19.4. The van der Waals surface area contributed by atoms with Crippen molar-refractivity contribution in [3.05, 3.63) is 72.3 Å². The summed E-state index contributed by atoms with van der Waals surface area (Å²) in [7, 11) is 0. The topological polar surface area (TPSA) is 34.0 Å². The quantitative estimate of drug-likeness (QED) is 0.768. The average molecular weight is 334 g/mol. The van der Waals surface area contributed by atoms with Crippen LogP contribution >= 0.6 is 0 Å². The summed E-state index contributed by atoms with van der Waals surface area (Å²) in [6.07, 6.45) is 2.24. The van der Waals surface area contributed by atoms with Gasteiger partial charge in [0.2, 0.25) is 0 Å². The molecule has 4 rings (SSSR count). The Balaban J connectivity index is 0.000000258. The van der Waals surface area contributed by atoms with Gasteiger partial charge < -0.3 is 4.74 Å². The van der Waals surface area contributed by atoms with Crippen LogP contribution in [0.1, 0.15) is 38.3 Å². The van der Waals surface area contributed by atoms with Crippen LogP contribution in [0, 0.1) is 5.41 Å². The zero-order valence-corrected chi connectivity index (χ0v) is 15.1. The zero-order chi connectivity index (χ0) is 17.5. The Morgan fingerprint density at radius 3 is 2.08 bits per heavy atom. The molecular weight excluding hydrogens is 308 g/mol. The Hall–Kier alpha value is -2.42. The van der Waals surface area contributed by atoms with Gasteiger partial charge in [0, 0.05) is 12.3 Å². The molecule has 0 saturated carbocycles. The van der Waals surface area contributed by atoms with Gasteiger partial charge in [-0.25, -0.2) is 4.99 Å². The summed E-state index contributed by atoms with van der Waals surface area (Å²) < 4.78 is 5.87. The highest BCUT2D eigenvalue weighted by atomic mass is 16.5. The molecule has 0 aromatic heterocycles. The summed E-state index contributed by atoms with van der Waals surface area (Å²) in [5.41, 5.74) is 2.31. The van der Waals surface area contributed by atoms with Crippen molar-refractivity contribution in [2.45, 2.75) is 32.7 Å². The van der Waals surface area contributed by atoms with E-state index in [0.29, 0.717) is 6.61 Å². The molecule has 0 amide bonds. The Kier molecular flexibility index (Phi) is 5.64. The second kappa shape index (κ2) is 8.11. The summed E-state index contributed by atoms with van der Waals surface area (Å²) in [6.45, 7) is 5.94. The summed E-state index contributed by atoms with van der Waals surface area (Å²) in [5, 5.41) is 0. The van der Waals surface area contributed by atoms with Gasteiger partial charge in [-0.05, 0) is 32.3 Å². The highest BCUT2D eigenvalue weighted by molar-refractivity contribution is 6.09. The number of benzene rings is 2. The third kappa shape index (κ3) is 4.36. The summed E-state index contributed by atoms with van der Waals surface area (Å²) in [4.78, 5) is 9.39. The van der Waals surface area contributed by atoms with E-state index in [2.05, 4.69) is 43.1 Å². The molecule has 2 aromatic rings. The second-order valence-corrected chi connectivity index (χ2v) is 6.88. The lowest BCUT2D eigenvalue weighted by Crippen LogP contribution is -2.32. The average Bonchev–Trinajstić information content (AvgIpc) is 3.37. The van der Waals surface area contributed by atoms with Gasteiger partial charge in [0.05, 0.1) is 5.41 Å². The van der Waals surface area contributed by atoms with Gasteiger partial charge in [-0.3, -0.25) is 4.99 Å². The molecule has 1 unspecified atom stereocenters. The van der Waals surface area contributed by atoms with Gasteiger partial charge in [-0.1, -0.05) is 66.7 Å². The van der Waals surface area contributed by atoms with Gasteiger partial charge in [-0.15, -0.1) is 0 Å². The minimum Gasteiger partial charge on any atom is -0.478 e. The van der Waals surface area contributed by atoms with E-state index >= 15 is 0 Å². The third-order valence-corrected chi connectivity index (χ3v) is 4.63. The lowest BCUT2D eigenvalue weighted by Gasteiger charge is -2.23. The Morgan fingerprint density at radius 1 is 0.920 bits per heavy atom. The smallest absolute Gasteiger partial charge is 0.195 e. The van der Waals surface area contributed by atoms with Crippen LogP contribution in [-0.2, 0) is 4.74 Å². The molecule has 0 spiro atoms. The molecule has 2 aliphatic rings. The molecule has 2 aliphatic heterocycles. The first-order valence-corrected chi connectivity index (χ1v) is 8.98. The number of hydrogen-bond donors (Lipinski definition) is 0. The number of ether oxygens (including phenoxy) is 1. The Bertz CT molecular complexity index is 693. The monoisotopic (exact) mass is 334 g/mol. The van der Waals surface area contributed by atoms with Crippen LogP contribution in [0.25, 0.3) is 0 Å². The highest BCUT2D eigenvalue weighted by Gasteiger charge is 2.37. The van der Waals surface area contributed by atoms with Crippen LogP contribution in [-0.4, -0.2) is 24.8 Å². The van der Waals surface area contributed by atoms with E-state index in [-0.39, 0.29) is 11.5 Å². The highest BCUT2D eigenvalue weighted by Crippen LogP contribution is 2.33. The molecule has 0 saturated heterocycles. The van der Waals surface area contributed by atoms with Crippen molar-refractivity contribution in [1.29, 1.82) is 0 Å². The van der Waals surface area contributed by atoms with Gasteiger partial charge in [0.1, 0.15) is 12.6 Å². The lowest BCUT2D eigenvalue weighted by atomic mass is 9.85. The lowest BCUT2D eigenvalue weighted by molar-refractivity contribution is 0.294. The molecule has 25 heavy (non-hydrogen) atoms. The molecule has 0 radical (unpaired) electrons. The Labute approximate surface area is 150 Å². The molecule has 130 valence electrons. The number of rotatable bonds is 3. The van der Waals surface area contributed by atoms with Crippen LogP contribution in [0.15, 0.2) is 76.7 Å². The number of aliphatic imine (C=N–C) groups is 2. The maximum atomic E-state index is 5.87. The first-order chi connectivity index (χ1) is 12.2. The van der Waals surface area contributed by atoms with Crippen molar-refractivity contribution in [2.75, 3.05) is 13.2 Å². The number of hydrogen-bond acceptors (Lipinski definition) is 3. The maximum Gasteiger partial charge on any atom is 0.195 e. The van der Waals surface area contributed by atoms with Crippen LogP contribution in [0.3, 0.4) is 0 Å².